The van der Waals surface area contributed by atoms with Crippen LogP contribution in [0.25, 0.3) is 0 Å². The van der Waals surface area contributed by atoms with Crippen molar-refractivity contribution in [3.8, 4) is 0 Å². The summed E-state index contributed by atoms with van der Waals surface area (Å²) in [6.45, 7) is 0. The largest absolute Gasteiger partial charge is 0.344 e. The second-order valence-electron chi connectivity index (χ2n) is 3.72. The van der Waals surface area contributed by atoms with Gasteiger partial charge in [0.05, 0.1) is 0 Å². The molecule has 0 spiro atoms. The van der Waals surface area contributed by atoms with Crippen molar-refractivity contribution in [2.45, 2.75) is 6.04 Å². The van der Waals surface area contributed by atoms with Crippen LogP contribution < -0.4 is 10.6 Å². The zero-order chi connectivity index (χ0) is 11.5. The standard InChI is InChI=1S/C11H14N4O/c1-15(2)11-13-10(16-14-11)9(12)8-6-4-3-5-7-8/h3-7,9H,12H2,1-2H3. The second-order valence-corrected chi connectivity index (χ2v) is 3.72. The Morgan fingerprint density at radius 3 is 2.50 bits per heavy atom. The summed E-state index contributed by atoms with van der Waals surface area (Å²) in [5.74, 6) is 0.955. The second kappa shape index (κ2) is 4.32. The molecule has 1 aromatic heterocycles. The molecule has 0 saturated heterocycles. The average molecular weight is 218 g/mol. The van der Waals surface area contributed by atoms with Crippen LogP contribution in [0, 0.1) is 0 Å². The van der Waals surface area contributed by atoms with E-state index in [4.69, 9.17) is 10.3 Å². The Labute approximate surface area is 93.9 Å². The topological polar surface area (TPSA) is 68.2 Å². The van der Waals surface area contributed by atoms with E-state index in [1.165, 1.54) is 0 Å². The maximum absolute atomic E-state index is 6.02. The molecular weight excluding hydrogens is 204 g/mol. The van der Waals surface area contributed by atoms with Crippen LogP contribution in [0.3, 0.4) is 0 Å². The summed E-state index contributed by atoms with van der Waals surface area (Å²) in [5.41, 5.74) is 6.97. The molecule has 1 atom stereocenters. The van der Waals surface area contributed by atoms with Gasteiger partial charge in [0.1, 0.15) is 6.04 Å². The van der Waals surface area contributed by atoms with Gasteiger partial charge in [-0.2, -0.15) is 4.98 Å². The highest BCUT2D eigenvalue weighted by Gasteiger charge is 2.16. The van der Waals surface area contributed by atoms with Crippen LogP contribution in [0.15, 0.2) is 34.9 Å². The minimum absolute atomic E-state index is 0.373. The molecule has 2 N–H and O–H groups in total. The Balaban J connectivity index is 2.24. The summed E-state index contributed by atoms with van der Waals surface area (Å²) in [5, 5.41) is 3.82. The predicted octanol–water partition coefficient (Wildman–Crippen LogP) is 1.18. The van der Waals surface area contributed by atoms with Crippen LogP contribution in [-0.4, -0.2) is 24.2 Å². The molecule has 5 nitrogen and oxygen atoms in total. The van der Waals surface area contributed by atoms with Crippen molar-refractivity contribution in [2.24, 2.45) is 5.73 Å². The van der Waals surface area contributed by atoms with Gasteiger partial charge in [-0.3, -0.25) is 0 Å². The van der Waals surface area contributed by atoms with Gasteiger partial charge < -0.3 is 15.2 Å². The van der Waals surface area contributed by atoms with E-state index >= 15 is 0 Å². The Morgan fingerprint density at radius 1 is 1.25 bits per heavy atom. The van der Waals surface area contributed by atoms with Crippen molar-refractivity contribution < 1.29 is 4.52 Å². The van der Waals surface area contributed by atoms with Crippen LogP contribution in [0.1, 0.15) is 17.5 Å². The zero-order valence-electron chi connectivity index (χ0n) is 9.29. The number of hydrogen-bond acceptors (Lipinski definition) is 5. The Bertz CT molecular complexity index is 452. The molecule has 0 aliphatic rings. The molecule has 0 fully saturated rings. The lowest BCUT2D eigenvalue weighted by Crippen LogP contribution is -2.13. The maximum Gasteiger partial charge on any atom is 0.265 e. The zero-order valence-corrected chi connectivity index (χ0v) is 9.29. The molecule has 0 bridgehead atoms. The quantitative estimate of drug-likeness (QED) is 0.837. The number of aromatic nitrogens is 2. The van der Waals surface area contributed by atoms with Crippen molar-refractivity contribution in [1.29, 1.82) is 0 Å². The monoisotopic (exact) mass is 218 g/mol. The summed E-state index contributed by atoms with van der Waals surface area (Å²) in [6, 6.07) is 9.29. The summed E-state index contributed by atoms with van der Waals surface area (Å²) in [4.78, 5) is 5.98. The van der Waals surface area contributed by atoms with E-state index < -0.39 is 0 Å². The average Bonchev–Trinajstić information content (AvgIpc) is 2.78. The van der Waals surface area contributed by atoms with Gasteiger partial charge in [0.2, 0.25) is 5.89 Å². The third-order valence-electron chi connectivity index (χ3n) is 2.26. The number of hydrogen-bond donors (Lipinski definition) is 1. The highest BCUT2D eigenvalue weighted by Crippen LogP contribution is 2.18. The maximum atomic E-state index is 6.02. The lowest BCUT2D eigenvalue weighted by Gasteiger charge is -2.06. The van der Waals surface area contributed by atoms with Crippen molar-refractivity contribution in [2.75, 3.05) is 19.0 Å². The molecule has 0 amide bonds. The normalized spacial score (nSPS) is 12.4. The molecule has 0 radical (unpaired) electrons. The lowest BCUT2D eigenvalue weighted by atomic mass is 10.1. The first-order valence-corrected chi connectivity index (χ1v) is 5.00. The van der Waals surface area contributed by atoms with Gasteiger partial charge in [-0.05, 0) is 10.7 Å². The van der Waals surface area contributed by atoms with E-state index in [-0.39, 0.29) is 6.04 Å². The molecular formula is C11H14N4O. The fourth-order valence-electron chi connectivity index (χ4n) is 1.34. The van der Waals surface area contributed by atoms with E-state index in [1.807, 2.05) is 44.4 Å². The SMILES string of the molecule is CN(C)c1noc(C(N)c2ccccc2)n1. The molecule has 0 aliphatic carbocycles. The lowest BCUT2D eigenvalue weighted by molar-refractivity contribution is 0.367. The Morgan fingerprint density at radius 2 is 1.94 bits per heavy atom. The number of nitrogens with two attached hydrogens (primary N) is 1. The van der Waals surface area contributed by atoms with Gasteiger partial charge in [0.15, 0.2) is 0 Å². The number of anilines is 1. The van der Waals surface area contributed by atoms with Crippen molar-refractivity contribution in [1.82, 2.24) is 10.1 Å². The fraction of sp³-hybridized carbons (Fsp3) is 0.273. The molecule has 5 heteroatoms. The van der Waals surface area contributed by atoms with Crippen LogP contribution >= 0.6 is 0 Å². The first kappa shape index (κ1) is 10.6. The highest BCUT2D eigenvalue weighted by atomic mass is 16.5. The molecule has 2 rings (SSSR count). The highest BCUT2D eigenvalue weighted by molar-refractivity contribution is 5.28. The fourth-order valence-corrected chi connectivity index (χ4v) is 1.34. The minimum atomic E-state index is -0.373. The number of rotatable bonds is 3. The molecule has 1 aromatic carbocycles. The summed E-state index contributed by atoms with van der Waals surface area (Å²) >= 11 is 0. The van der Waals surface area contributed by atoms with Crippen LogP contribution in [0.5, 0.6) is 0 Å². The predicted molar refractivity (Wildman–Crippen MR) is 61.1 cm³/mol. The van der Waals surface area contributed by atoms with E-state index in [0.717, 1.165) is 5.56 Å². The molecule has 16 heavy (non-hydrogen) atoms. The van der Waals surface area contributed by atoms with Crippen LogP contribution in [0.2, 0.25) is 0 Å². The molecule has 2 aromatic rings. The van der Waals surface area contributed by atoms with E-state index in [1.54, 1.807) is 4.90 Å². The third kappa shape index (κ3) is 2.04. The Kier molecular flexibility index (Phi) is 2.87. The van der Waals surface area contributed by atoms with Crippen molar-refractivity contribution in [3.63, 3.8) is 0 Å². The summed E-state index contributed by atoms with van der Waals surface area (Å²) in [6.07, 6.45) is 0. The van der Waals surface area contributed by atoms with Gasteiger partial charge in [-0.15, -0.1) is 0 Å². The van der Waals surface area contributed by atoms with Gasteiger partial charge >= 0.3 is 0 Å². The number of nitrogens with zero attached hydrogens (tertiary/aromatic N) is 3. The van der Waals surface area contributed by atoms with E-state index in [9.17, 15) is 0 Å². The van der Waals surface area contributed by atoms with Crippen LogP contribution in [0.4, 0.5) is 5.95 Å². The van der Waals surface area contributed by atoms with Gasteiger partial charge in [-0.25, -0.2) is 0 Å². The van der Waals surface area contributed by atoms with Crippen molar-refractivity contribution >= 4 is 5.95 Å². The summed E-state index contributed by atoms with van der Waals surface area (Å²) < 4.78 is 5.11. The number of benzene rings is 1. The van der Waals surface area contributed by atoms with E-state index in [0.29, 0.717) is 11.8 Å². The smallest absolute Gasteiger partial charge is 0.265 e. The molecule has 0 saturated carbocycles. The first-order valence-electron chi connectivity index (χ1n) is 5.00. The third-order valence-corrected chi connectivity index (χ3v) is 2.26. The molecule has 84 valence electrons. The van der Waals surface area contributed by atoms with Gasteiger partial charge in [-0.1, -0.05) is 30.3 Å². The van der Waals surface area contributed by atoms with E-state index in [2.05, 4.69) is 10.1 Å². The Hall–Kier alpha value is -1.88. The van der Waals surface area contributed by atoms with Gasteiger partial charge in [0, 0.05) is 14.1 Å². The minimum Gasteiger partial charge on any atom is -0.344 e. The van der Waals surface area contributed by atoms with Gasteiger partial charge in [0.25, 0.3) is 5.95 Å². The molecule has 1 unspecified atom stereocenters. The first-order chi connectivity index (χ1) is 7.68. The van der Waals surface area contributed by atoms with Crippen molar-refractivity contribution in [3.05, 3.63) is 41.8 Å². The van der Waals surface area contributed by atoms with Crippen LogP contribution in [-0.2, 0) is 0 Å². The molecule has 1 heterocycles. The summed E-state index contributed by atoms with van der Waals surface area (Å²) in [7, 11) is 3.70. The molecule has 0 aliphatic heterocycles.